The quantitative estimate of drug-likeness (QED) is 0.299. The fraction of sp³-hybridized carbons (Fsp3) is 0.407. The predicted molar refractivity (Wildman–Crippen MR) is 147 cm³/mol. The number of halogens is 2. The number of anilines is 1. The van der Waals surface area contributed by atoms with Gasteiger partial charge in [0.15, 0.2) is 11.5 Å². The summed E-state index contributed by atoms with van der Waals surface area (Å²) in [6.45, 7) is 4.01. The zero-order chi connectivity index (χ0) is 28.4. The van der Waals surface area contributed by atoms with Gasteiger partial charge in [-0.2, -0.15) is 4.98 Å². The first-order valence-electron chi connectivity index (χ1n) is 12.8. The van der Waals surface area contributed by atoms with Gasteiger partial charge in [0.25, 0.3) is 5.56 Å². The van der Waals surface area contributed by atoms with Crippen LogP contribution in [0.4, 0.5) is 5.69 Å². The summed E-state index contributed by atoms with van der Waals surface area (Å²) in [5, 5.41) is 17.5. The highest BCUT2D eigenvalue weighted by molar-refractivity contribution is 6.31. The average molecular weight is 585 g/mol. The summed E-state index contributed by atoms with van der Waals surface area (Å²) in [6, 6.07) is 5.89. The van der Waals surface area contributed by atoms with Gasteiger partial charge in [0.2, 0.25) is 5.89 Å². The number of nitrogens with one attached hydrogen (secondary N) is 1. The molecule has 2 bridgehead atoms. The molecular formula is C27H26Cl2N6O5. The molecule has 1 atom stereocenters. The van der Waals surface area contributed by atoms with Crippen LogP contribution in [0, 0.1) is 6.92 Å². The first-order chi connectivity index (χ1) is 19.0. The number of aromatic carboxylic acids is 1. The molecular weight excluding hydrogens is 559 g/mol. The third-order valence-electron chi connectivity index (χ3n) is 8.11. The maximum absolute atomic E-state index is 13.7. The Balaban J connectivity index is 1.41. The van der Waals surface area contributed by atoms with Crippen LogP contribution in [0.2, 0.25) is 10.2 Å². The van der Waals surface area contributed by atoms with Crippen molar-refractivity contribution in [2.24, 2.45) is 7.05 Å². The van der Waals surface area contributed by atoms with Gasteiger partial charge in [-0.25, -0.2) is 14.8 Å². The molecule has 0 radical (unpaired) electrons. The van der Waals surface area contributed by atoms with Crippen molar-refractivity contribution in [3.8, 4) is 0 Å². The second kappa shape index (κ2) is 9.53. The molecule has 0 amide bonds. The van der Waals surface area contributed by atoms with Gasteiger partial charge in [0, 0.05) is 17.6 Å². The maximum Gasteiger partial charge on any atom is 0.356 e. The lowest BCUT2D eigenvalue weighted by Crippen LogP contribution is -2.53. The Morgan fingerprint density at radius 2 is 1.90 bits per heavy atom. The summed E-state index contributed by atoms with van der Waals surface area (Å²) in [7, 11) is 1.70. The normalized spacial score (nSPS) is 22.9. The molecule has 2 N–H and O–H groups in total. The lowest BCUT2D eigenvalue weighted by atomic mass is 9.65. The van der Waals surface area contributed by atoms with Crippen molar-refractivity contribution in [1.29, 1.82) is 0 Å². The highest BCUT2D eigenvalue weighted by atomic mass is 35.5. The predicted octanol–water partition coefficient (Wildman–Crippen LogP) is 4.94. The minimum absolute atomic E-state index is 0.0658. The van der Waals surface area contributed by atoms with Crippen LogP contribution in [0.5, 0.6) is 0 Å². The summed E-state index contributed by atoms with van der Waals surface area (Å²) in [5.74, 6) is 0.493. The number of hydrogen-bond acceptors (Lipinski definition) is 9. The van der Waals surface area contributed by atoms with Gasteiger partial charge in [0.1, 0.15) is 16.6 Å². The minimum Gasteiger partial charge on any atom is -0.476 e. The van der Waals surface area contributed by atoms with Crippen LogP contribution in [-0.2, 0) is 22.8 Å². The first-order valence-corrected chi connectivity index (χ1v) is 13.6. The lowest BCUT2D eigenvalue weighted by Gasteiger charge is -2.51. The van der Waals surface area contributed by atoms with Crippen molar-refractivity contribution in [3.63, 3.8) is 0 Å². The number of nitrogens with zero attached hydrogens (tertiary/aromatic N) is 5. The number of fused-ring (bicyclic) bond motifs is 4. The Kier molecular flexibility index (Phi) is 6.36. The van der Waals surface area contributed by atoms with Crippen molar-refractivity contribution in [3.05, 3.63) is 73.6 Å². The van der Waals surface area contributed by atoms with Gasteiger partial charge in [-0.3, -0.25) is 9.36 Å². The second-order valence-corrected chi connectivity index (χ2v) is 11.4. The molecule has 0 unspecified atom stereocenters. The number of aromatic nitrogens is 5. The van der Waals surface area contributed by atoms with Crippen molar-refractivity contribution in [2.75, 3.05) is 11.9 Å². The van der Waals surface area contributed by atoms with Crippen LogP contribution >= 0.6 is 23.2 Å². The highest BCUT2D eigenvalue weighted by Crippen LogP contribution is 2.53. The molecule has 1 aliphatic carbocycles. The molecule has 1 saturated carbocycles. The van der Waals surface area contributed by atoms with E-state index in [1.165, 1.54) is 6.07 Å². The molecule has 3 fully saturated rings. The van der Waals surface area contributed by atoms with Gasteiger partial charge in [-0.1, -0.05) is 28.4 Å². The number of rotatable bonds is 6. The Hall–Kier alpha value is -3.54. The number of benzene rings is 1. The van der Waals surface area contributed by atoms with E-state index in [2.05, 4.69) is 20.4 Å². The van der Waals surface area contributed by atoms with Crippen LogP contribution in [0.15, 0.2) is 33.6 Å². The zero-order valence-corrected chi connectivity index (χ0v) is 23.5. The molecule has 2 aliphatic heterocycles. The third kappa shape index (κ3) is 4.23. The van der Waals surface area contributed by atoms with E-state index in [-0.39, 0.29) is 27.5 Å². The van der Waals surface area contributed by atoms with E-state index >= 15 is 0 Å². The molecule has 4 aromatic rings. The summed E-state index contributed by atoms with van der Waals surface area (Å²) >= 11 is 12.4. The van der Waals surface area contributed by atoms with Crippen LogP contribution in [0.3, 0.4) is 0 Å². The fourth-order valence-electron chi connectivity index (χ4n) is 5.90. The SMILES string of the molecule is Cc1noc(C23CCC(c4nc5c([C@@H](C)Nc6ccc(Cl)nc6C(=O)O)cc(Cl)cc5c(=O)n4C)(CC2)OC3)n1. The zero-order valence-electron chi connectivity index (χ0n) is 22.0. The molecule has 40 heavy (non-hydrogen) atoms. The maximum atomic E-state index is 13.7. The van der Waals surface area contributed by atoms with Gasteiger partial charge >= 0.3 is 5.97 Å². The number of pyridine rings is 1. The van der Waals surface area contributed by atoms with Crippen molar-refractivity contribution in [2.45, 2.75) is 56.6 Å². The Morgan fingerprint density at radius 1 is 1.15 bits per heavy atom. The summed E-state index contributed by atoms with van der Waals surface area (Å²) in [5.41, 5.74) is -0.181. The van der Waals surface area contributed by atoms with E-state index in [0.717, 1.165) is 12.8 Å². The molecule has 1 aromatic carbocycles. The summed E-state index contributed by atoms with van der Waals surface area (Å²) < 4.78 is 13.6. The van der Waals surface area contributed by atoms with Gasteiger partial charge < -0.3 is 19.7 Å². The summed E-state index contributed by atoms with van der Waals surface area (Å²) in [4.78, 5) is 38.9. The molecule has 11 nitrogen and oxygen atoms in total. The van der Waals surface area contributed by atoms with Crippen LogP contribution in [0.1, 0.15) is 72.2 Å². The number of carbonyl (C=O) groups is 1. The van der Waals surface area contributed by atoms with E-state index in [0.29, 0.717) is 58.5 Å². The minimum atomic E-state index is -1.22. The van der Waals surface area contributed by atoms with Crippen molar-refractivity contribution >= 4 is 45.8 Å². The number of aryl methyl sites for hydroxylation is 1. The number of hydrogen-bond donors (Lipinski definition) is 2. The number of carboxylic acids is 1. The highest BCUT2D eigenvalue weighted by Gasteiger charge is 2.55. The average Bonchev–Trinajstić information content (AvgIpc) is 3.39. The van der Waals surface area contributed by atoms with E-state index < -0.39 is 17.6 Å². The van der Waals surface area contributed by atoms with Gasteiger partial charge in [-0.05, 0) is 63.8 Å². The van der Waals surface area contributed by atoms with Crippen molar-refractivity contribution < 1.29 is 19.2 Å². The fourth-order valence-corrected chi connectivity index (χ4v) is 6.28. The summed E-state index contributed by atoms with van der Waals surface area (Å²) in [6.07, 6.45) is 2.79. The molecule has 0 spiro atoms. The van der Waals surface area contributed by atoms with Crippen molar-refractivity contribution in [1.82, 2.24) is 24.7 Å². The second-order valence-electron chi connectivity index (χ2n) is 10.6. The molecule has 7 rings (SSSR count). The first kappa shape index (κ1) is 26.7. The van der Waals surface area contributed by atoms with Gasteiger partial charge in [-0.15, -0.1) is 0 Å². The van der Waals surface area contributed by atoms with E-state index in [1.54, 1.807) is 36.7 Å². The Morgan fingerprint density at radius 3 is 2.52 bits per heavy atom. The molecule has 5 heterocycles. The van der Waals surface area contributed by atoms with E-state index in [4.69, 9.17) is 37.4 Å². The van der Waals surface area contributed by atoms with Crippen LogP contribution < -0.4 is 10.9 Å². The standard InChI is InChI=1S/C27H26Cl2N6O5/c1-13(30-18-4-5-19(29)32-21(18)23(37)38)16-10-15(28)11-17-20(16)33-24(35(3)22(17)36)27-8-6-26(7-9-27,12-39-27)25-31-14(2)34-40-25/h4-5,10-11,13,30H,6-9,12H2,1-3H3,(H,37,38)/t13-,26?,27?/m1/s1. The molecule has 13 heteroatoms. The van der Waals surface area contributed by atoms with E-state index in [1.807, 2.05) is 6.92 Å². The monoisotopic (exact) mass is 584 g/mol. The molecule has 208 valence electrons. The van der Waals surface area contributed by atoms with Crippen LogP contribution in [-0.4, -0.2) is 42.4 Å². The van der Waals surface area contributed by atoms with Gasteiger partial charge in [0.05, 0.1) is 34.7 Å². The number of ether oxygens (including phenoxy) is 1. The molecule has 3 aromatic heterocycles. The molecule has 2 saturated heterocycles. The smallest absolute Gasteiger partial charge is 0.356 e. The lowest BCUT2D eigenvalue weighted by molar-refractivity contribution is -0.174. The largest absolute Gasteiger partial charge is 0.476 e. The van der Waals surface area contributed by atoms with E-state index in [9.17, 15) is 14.7 Å². The van der Waals surface area contributed by atoms with Crippen LogP contribution in [0.25, 0.3) is 10.9 Å². The Bertz CT molecular complexity index is 1710. The Labute approximate surface area is 238 Å². The number of carboxylic acid groups (broad SMARTS) is 1. The third-order valence-corrected chi connectivity index (χ3v) is 8.53. The molecule has 3 aliphatic rings. The topological polar surface area (TPSA) is 145 Å².